The number of hydrogen-bond acceptors (Lipinski definition) is 3. The van der Waals surface area contributed by atoms with Crippen molar-refractivity contribution in [2.75, 3.05) is 7.05 Å². The maximum absolute atomic E-state index is 13.3. The van der Waals surface area contributed by atoms with Gasteiger partial charge >= 0.3 is 0 Å². The molecule has 0 spiro atoms. The lowest BCUT2D eigenvalue weighted by Crippen LogP contribution is -2.31. The van der Waals surface area contributed by atoms with Crippen LogP contribution in [0, 0.1) is 11.7 Å². The number of nitrogens with two attached hydrogens (primary N) is 1. The van der Waals surface area contributed by atoms with Crippen molar-refractivity contribution in [1.29, 1.82) is 0 Å². The van der Waals surface area contributed by atoms with Crippen LogP contribution in [0.1, 0.15) is 30.9 Å². The summed E-state index contributed by atoms with van der Waals surface area (Å²) >= 11 is 0. The van der Waals surface area contributed by atoms with E-state index in [4.69, 9.17) is 10.9 Å². The van der Waals surface area contributed by atoms with E-state index in [1.165, 1.54) is 25.0 Å². The van der Waals surface area contributed by atoms with Gasteiger partial charge in [-0.2, -0.15) is 0 Å². The maximum atomic E-state index is 13.3. The predicted octanol–water partition coefficient (Wildman–Crippen LogP) is 2.15. The van der Waals surface area contributed by atoms with Crippen LogP contribution in [0.5, 0.6) is 0 Å². The highest BCUT2D eigenvalue weighted by atomic mass is 19.1. The van der Waals surface area contributed by atoms with Crippen molar-refractivity contribution in [1.82, 2.24) is 4.90 Å². The number of nitrogens with zero attached hydrogens (tertiary/aromatic N) is 2. The Kier molecular flexibility index (Phi) is 4.04. The van der Waals surface area contributed by atoms with E-state index in [0.29, 0.717) is 18.2 Å². The van der Waals surface area contributed by atoms with E-state index in [1.807, 2.05) is 7.05 Å². The highest BCUT2D eigenvalue weighted by Crippen LogP contribution is 2.35. The summed E-state index contributed by atoms with van der Waals surface area (Å²) in [5.41, 5.74) is 6.93. The number of hydrogen-bond donors (Lipinski definition) is 2. The number of benzene rings is 1. The summed E-state index contributed by atoms with van der Waals surface area (Å²) in [6, 6.07) is 4.89. The standard InChI is InChI=1S/C14H20FN3O/c1-9(10-3-4-10)18(2)8-11-5-6-12(15)7-13(11)14(16)17-19/h5-7,9-10,19H,3-4,8H2,1-2H3,(H2,16,17). The van der Waals surface area contributed by atoms with Gasteiger partial charge in [-0.05, 0) is 50.4 Å². The molecule has 1 saturated carbocycles. The Balaban J connectivity index is 2.19. The molecule has 0 aliphatic heterocycles. The molecule has 1 aliphatic carbocycles. The maximum Gasteiger partial charge on any atom is 0.170 e. The van der Waals surface area contributed by atoms with Gasteiger partial charge in [0, 0.05) is 18.2 Å². The fourth-order valence-electron chi connectivity index (χ4n) is 2.33. The van der Waals surface area contributed by atoms with Crippen LogP contribution in [0.25, 0.3) is 0 Å². The van der Waals surface area contributed by atoms with Gasteiger partial charge in [-0.25, -0.2) is 4.39 Å². The number of oxime groups is 1. The molecule has 0 heterocycles. The Labute approximate surface area is 112 Å². The molecule has 0 bridgehead atoms. The molecule has 1 aliphatic rings. The van der Waals surface area contributed by atoms with Gasteiger partial charge in [0.15, 0.2) is 5.84 Å². The second kappa shape index (κ2) is 5.57. The van der Waals surface area contributed by atoms with Crippen molar-refractivity contribution in [3.63, 3.8) is 0 Å². The summed E-state index contributed by atoms with van der Waals surface area (Å²) in [5, 5.41) is 11.7. The molecule has 1 fully saturated rings. The average Bonchev–Trinajstić information content (AvgIpc) is 3.23. The predicted molar refractivity (Wildman–Crippen MR) is 72.6 cm³/mol. The molecule has 0 radical (unpaired) electrons. The monoisotopic (exact) mass is 265 g/mol. The van der Waals surface area contributed by atoms with Crippen LogP contribution in [0.4, 0.5) is 4.39 Å². The first-order valence-corrected chi connectivity index (χ1v) is 6.49. The second-order valence-electron chi connectivity index (χ2n) is 5.28. The molecule has 1 unspecified atom stereocenters. The summed E-state index contributed by atoms with van der Waals surface area (Å²) < 4.78 is 13.3. The van der Waals surface area contributed by atoms with Crippen LogP contribution in [-0.4, -0.2) is 29.0 Å². The van der Waals surface area contributed by atoms with E-state index in [2.05, 4.69) is 17.0 Å². The molecule has 1 aromatic rings. The van der Waals surface area contributed by atoms with Gasteiger partial charge in [-0.1, -0.05) is 11.2 Å². The Morgan fingerprint density at radius 1 is 1.58 bits per heavy atom. The minimum Gasteiger partial charge on any atom is -0.409 e. The van der Waals surface area contributed by atoms with Gasteiger partial charge in [0.1, 0.15) is 5.82 Å². The van der Waals surface area contributed by atoms with Crippen molar-refractivity contribution in [3.8, 4) is 0 Å². The third-order valence-electron chi connectivity index (χ3n) is 3.87. The lowest BCUT2D eigenvalue weighted by atomic mass is 10.0. The van der Waals surface area contributed by atoms with Crippen LogP contribution in [0.2, 0.25) is 0 Å². The third-order valence-corrected chi connectivity index (χ3v) is 3.87. The fraction of sp³-hybridized carbons (Fsp3) is 0.500. The topological polar surface area (TPSA) is 61.8 Å². The molecule has 4 nitrogen and oxygen atoms in total. The summed E-state index contributed by atoms with van der Waals surface area (Å²) in [4.78, 5) is 2.22. The van der Waals surface area contributed by atoms with Gasteiger partial charge in [-0.15, -0.1) is 0 Å². The van der Waals surface area contributed by atoms with Crippen molar-refractivity contribution < 1.29 is 9.60 Å². The first-order valence-electron chi connectivity index (χ1n) is 6.49. The van der Waals surface area contributed by atoms with Crippen molar-refractivity contribution in [2.45, 2.75) is 32.4 Å². The molecule has 2 rings (SSSR count). The molecule has 3 N–H and O–H groups in total. The first-order chi connectivity index (χ1) is 9.02. The number of amidine groups is 1. The summed E-state index contributed by atoms with van der Waals surface area (Å²) in [7, 11) is 2.04. The summed E-state index contributed by atoms with van der Waals surface area (Å²) in [5.74, 6) is 0.322. The molecule has 1 atom stereocenters. The SMILES string of the molecule is CC(C1CC1)N(C)Cc1ccc(F)cc1/C(N)=N/O. The number of rotatable bonds is 5. The normalized spacial score (nSPS) is 17.8. The zero-order valence-electron chi connectivity index (χ0n) is 11.3. The Morgan fingerprint density at radius 2 is 2.26 bits per heavy atom. The molecular weight excluding hydrogens is 245 g/mol. The van der Waals surface area contributed by atoms with Crippen LogP contribution in [-0.2, 0) is 6.54 Å². The van der Waals surface area contributed by atoms with Crippen molar-refractivity contribution in [3.05, 3.63) is 35.1 Å². The third kappa shape index (κ3) is 3.23. The molecule has 5 heteroatoms. The van der Waals surface area contributed by atoms with E-state index in [9.17, 15) is 4.39 Å². The molecule has 104 valence electrons. The molecule has 1 aromatic carbocycles. The first kappa shape index (κ1) is 13.8. The Bertz CT molecular complexity index is 486. The fourth-order valence-corrected chi connectivity index (χ4v) is 2.33. The van der Waals surface area contributed by atoms with E-state index in [-0.39, 0.29) is 11.7 Å². The smallest absolute Gasteiger partial charge is 0.170 e. The second-order valence-corrected chi connectivity index (χ2v) is 5.28. The van der Waals surface area contributed by atoms with E-state index in [0.717, 1.165) is 11.5 Å². The molecule has 0 amide bonds. The zero-order chi connectivity index (χ0) is 14.0. The Morgan fingerprint density at radius 3 is 2.84 bits per heavy atom. The molecule has 0 aromatic heterocycles. The Hall–Kier alpha value is -1.62. The van der Waals surface area contributed by atoms with Gasteiger partial charge in [0.2, 0.25) is 0 Å². The van der Waals surface area contributed by atoms with Gasteiger partial charge < -0.3 is 10.9 Å². The largest absolute Gasteiger partial charge is 0.409 e. The lowest BCUT2D eigenvalue weighted by Gasteiger charge is -2.25. The molecular formula is C14H20FN3O. The summed E-state index contributed by atoms with van der Waals surface area (Å²) in [6.07, 6.45) is 2.56. The molecule has 19 heavy (non-hydrogen) atoms. The van der Waals surface area contributed by atoms with Crippen LogP contribution < -0.4 is 5.73 Å². The van der Waals surface area contributed by atoms with Gasteiger partial charge in [-0.3, -0.25) is 4.90 Å². The van der Waals surface area contributed by atoms with Crippen molar-refractivity contribution >= 4 is 5.84 Å². The van der Waals surface area contributed by atoms with E-state index in [1.54, 1.807) is 6.07 Å². The van der Waals surface area contributed by atoms with Crippen molar-refractivity contribution in [2.24, 2.45) is 16.8 Å². The van der Waals surface area contributed by atoms with Crippen LogP contribution in [0.15, 0.2) is 23.4 Å². The zero-order valence-corrected chi connectivity index (χ0v) is 11.3. The minimum absolute atomic E-state index is 0.0537. The van der Waals surface area contributed by atoms with Crippen LogP contribution in [0.3, 0.4) is 0 Å². The minimum atomic E-state index is -0.386. The van der Waals surface area contributed by atoms with Crippen LogP contribution >= 0.6 is 0 Å². The highest BCUT2D eigenvalue weighted by molar-refractivity contribution is 5.98. The quantitative estimate of drug-likeness (QED) is 0.371. The van der Waals surface area contributed by atoms with Gasteiger partial charge in [0.25, 0.3) is 0 Å². The highest BCUT2D eigenvalue weighted by Gasteiger charge is 2.30. The van der Waals surface area contributed by atoms with E-state index >= 15 is 0 Å². The molecule has 0 saturated heterocycles. The van der Waals surface area contributed by atoms with Gasteiger partial charge in [0.05, 0.1) is 0 Å². The summed E-state index contributed by atoms with van der Waals surface area (Å²) in [6.45, 7) is 2.86. The van der Waals surface area contributed by atoms with E-state index < -0.39 is 0 Å². The lowest BCUT2D eigenvalue weighted by molar-refractivity contribution is 0.226. The average molecular weight is 265 g/mol. The number of halogens is 1.